The minimum atomic E-state index is -4.29. The molecule has 1 heterocycles. The molecule has 2 aromatic rings. The van der Waals surface area contributed by atoms with Crippen molar-refractivity contribution >= 4 is 40.0 Å². The van der Waals surface area contributed by atoms with Crippen molar-refractivity contribution in [2.45, 2.75) is 32.7 Å². The molecule has 0 fully saturated rings. The number of thiazole rings is 1. The van der Waals surface area contributed by atoms with Crippen molar-refractivity contribution < 1.29 is 22.6 Å². The molecule has 0 bridgehead atoms. The average molecular weight is 399 g/mol. The number of anilines is 1. The lowest BCUT2D eigenvalue weighted by Gasteiger charge is -2.16. The first-order valence-electron chi connectivity index (χ1n) is 7.61. The first-order chi connectivity index (χ1) is 12.3. The highest BCUT2D eigenvalue weighted by Crippen LogP contribution is 2.22. The molecule has 10 heteroatoms. The van der Waals surface area contributed by atoms with Crippen LogP contribution in [0.4, 0.5) is 5.69 Å². The summed E-state index contributed by atoms with van der Waals surface area (Å²) in [5, 5.41) is 5.83. The maximum atomic E-state index is 11.5. The third-order valence-corrected chi connectivity index (χ3v) is 4.75. The molecule has 0 aliphatic heterocycles. The molecule has 0 spiro atoms. The summed E-state index contributed by atoms with van der Waals surface area (Å²) in [5.74, 6) is -0.143. The van der Waals surface area contributed by atoms with Crippen molar-refractivity contribution in [2.75, 3.05) is 4.72 Å². The molecule has 3 N–H and O–H groups in total. The van der Waals surface area contributed by atoms with Crippen LogP contribution in [0.2, 0.25) is 0 Å². The minimum absolute atomic E-state index is 0.143. The summed E-state index contributed by atoms with van der Waals surface area (Å²) < 4.78 is 32.3. The number of carbonyl (C=O) groups is 2. The molecule has 0 radical (unpaired) electrons. The van der Waals surface area contributed by atoms with E-state index in [0.717, 1.165) is 22.7 Å². The minimum Gasteiger partial charge on any atom is -0.348 e. The van der Waals surface area contributed by atoms with E-state index < -0.39 is 10.3 Å². The monoisotopic (exact) mass is 399 g/mol. The van der Waals surface area contributed by atoms with Crippen molar-refractivity contribution in [3.8, 4) is 0 Å². The molecule has 1 atom stereocenters. The number of benzene rings is 1. The third-order valence-electron chi connectivity index (χ3n) is 3.25. The number of carbonyl (C=O) groups excluding carboxylic acids is 2. The van der Waals surface area contributed by atoms with E-state index in [4.69, 9.17) is 9.35 Å². The molecule has 1 aromatic heterocycles. The van der Waals surface area contributed by atoms with Crippen molar-refractivity contribution in [2.24, 2.45) is 0 Å². The molecule has 142 valence electrons. The van der Waals surface area contributed by atoms with E-state index in [9.17, 15) is 13.2 Å². The van der Waals surface area contributed by atoms with E-state index in [0.29, 0.717) is 6.42 Å². The number of hydrogen-bond donors (Lipinski definition) is 3. The fourth-order valence-corrected chi connectivity index (χ4v) is 3.45. The SMILES string of the molecule is C=O.CCc1nc([C@H](Cc2ccc(NS(=O)(=O)O)cc2)NC(C)=O)cs1. The van der Waals surface area contributed by atoms with E-state index >= 15 is 0 Å². The Balaban J connectivity index is 0.00000163. The van der Waals surface area contributed by atoms with Crippen LogP contribution in [0.15, 0.2) is 29.6 Å². The van der Waals surface area contributed by atoms with Gasteiger partial charge >= 0.3 is 10.3 Å². The first kappa shape index (κ1) is 21.7. The van der Waals surface area contributed by atoms with Gasteiger partial charge in [0.05, 0.1) is 22.4 Å². The molecule has 0 unspecified atom stereocenters. The predicted octanol–water partition coefficient (Wildman–Crippen LogP) is 2.16. The highest BCUT2D eigenvalue weighted by molar-refractivity contribution is 7.87. The largest absolute Gasteiger partial charge is 0.357 e. The van der Waals surface area contributed by atoms with Gasteiger partial charge in [0.25, 0.3) is 0 Å². The molecule has 0 saturated heterocycles. The maximum absolute atomic E-state index is 11.5. The van der Waals surface area contributed by atoms with Crippen LogP contribution in [-0.2, 0) is 32.7 Å². The van der Waals surface area contributed by atoms with Crippen LogP contribution in [0.25, 0.3) is 0 Å². The Morgan fingerprint density at radius 1 is 1.31 bits per heavy atom. The second kappa shape index (κ2) is 10.00. The summed E-state index contributed by atoms with van der Waals surface area (Å²) in [6, 6.07) is 6.31. The lowest BCUT2D eigenvalue weighted by Crippen LogP contribution is -2.28. The molecule has 26 heavy (non-hydrogen) atoms. The summed E-state index contributed by atoms with van der Waals surface area (Å²) in [4.78, 5) is 24.0. The van der Waals surface area contributed by atoms with Crippen LogP contribution in [0.1, 0.15) is 36.2 Å². The fraction of sp³-hybridized carbons (Fsp3) is 0.312. The molecule has 0 saturated carbocycles. The Kier molecular flexibility index (Phi) is 8.36. The van der Waals surface area contributed by atoms with Gasteiger partial charge in [-0.3, -0.25) is 14.1 Å². The van der Waals surface area contributed by atoms with Gasteiger partial charge in [-0.25, -0.2) is 4.98 Å². The van der Waals surface area contributed by atoms with Crippen molar-refractivity contribution in [3.63, 3.8) is 0 Å². The lowest BCUT2D eigenvalue weighted by molar-refractivity contribution is -0.119. The molecule has 8 nitrogen and oxygen atoms in total. The van der Waals surface area contributed by atoms with Gasteiger partial charge < -0.3 is 10.1 Å². The topological polar surface area (TPSA) is 125 Å². The maximum Gasteiger partial charge on any atom is 0.357 e. The zero-order valence-electron chi connectivity index (χ0n) is 14.4. The Morgan fingerprint density at radius 2 is 1.92 bits per heavy atom. The summed E-state index contributed by atoms with van der Waals surface area (Å²) in [7, 11) is -4.29. The van der Waals surface area contributed by atoms with Gasteiger partial charge in [-0.2, -0.15) is 8.42 Å². The number of amides is 1. The van der Waals surface area contributed by atoms with Crippen LogP contribution in [0.3, 0.4) is 0 Å². The Labute approximate surface area is 156 Å². The van der Waals surface area contributed by atoms with Crippen molar-refractivity contribution in [3.05, 3.63) is 45.9 Å². The summed E-state index contributed by atoms with van der Waals surface area (Å²) >= 11 is 1.56. The number of nitrogens with one attached hydrogen (secondary N) is 2. The normalized spacial score (nSPS) is 11.8. The average Bonchev–Trinajstić information content (AvgIpc) is 3.05. The van der Waals surface area contributed by atoms with Crippen LogP contribution < -0.4 is 10.0 Å². The van der Waals surface area contributed by atoms with E-state index in [1.165, 1.54) is 6.92 Å². The summed E-state index contributed by atoms with van der Waals surface area (Å²) in [6.45, 7) is 5.48. The summed E-state index contributed by atoms with van der Waals surface area (Å²) in [6.07, 6.45) is 1.37. The Bertz CT molecular complexity index is 819. The quantitative estimate of drug-likeness (QED) is 0.613. The number of nitrogens with zero attached hydrogens (tertiary/aromatic N) is 1. The van der Waals surface area contributed by atoms with Gasteiger partial charge in [0, 0.05) is 12.3 Å². The van der Waals surface area contributed by atoms with Crippen molar-refractivity contribution in [1.82, 2.24) is 10.3 Å². The van der Waals surface area contributed by atoms with Crippen LogP contribution in [-0.4, -0.2) is 30.7 Å². The number of rotatable bonds is 7. The fourth-order valence-electron chi connectivity index (χ4n) is 2.22. The second-order valence-electron chi connectivity index (χ2n) is 5.25. The molecule has 2 rings (SSSR count). The zero-order valence-corrected chi connectivity index (χ0v) is 16.1. The van der Waals surface area contributed by atoms with Crippen LogP contribution in [0.5, 0.6) is 0 Å². The van der Waals surface area contributed by atoms with Gasteiger partial charge in [-0.15, -0.1) is 11.3 Å². The molecule has 1 amide bonds. The molecular weight excluding hydrogens is 378 g/mol. The predicted molar refractivity (Wildman–Crippen MR) is 100 cm³/mol. The number of hydrogen-bond acceptors (Lipinski definition) is 6. The van der Waals surface area contributed by atoms with Gasteiger partial charge in [-0.1, -0.05) is 19.1 Å². The third kappa shape index (κ3) is 7.30. The molecular formula is C16H21N3O5S2. The van der Waals surface area contributed by atoms with E-state index in [1.54, 1.807) is 35.6 Å². The molecule has 0 aliphatic rings. The van der Waals surface area contributed by atoms with Crippen molar-refractivity contribution in [1.29, 1.82) is 0 Å². The summed E-state index contributed by atoms with van der Waals surface area (Å²) in [5.41, 5.74) is 1.98. The Morgan fingerprint density at radius 3 is 2.38 bits per heavy atom. The van der Waals surface area contributed by atoms with E-state index in [2.05, 4.69) is 10.3 Å². The van der Waals surface area contributed by atoms with Gasteiger partial charge in [0.2, 0.25) is 5.91 Å². The zero-order chi connectivity index (χ0) is 19.7. The van der Waals surface area contributed by atoms with E-state index in [1.807, 2.05) is 23.8 Å². The molecule has 0 aliphatic carbocycles. The standard InChI is InChI=1S/C15H19N3O4S2.CH2O/c1-3-15-17-14(9-23-15)13(16-10(2)19)8-11-4-6-12(7-5-11)18-24(20,21)22;1-2/h4-7,9,13,18H,3,8H2,1-2H3,(H,16,19)(H,20,21,22);1H2/t13-;/m0./s1. The number of aryl methyl sites for hydroxylation is 1. The highest BCUT2D eigenvalue weighted by Gasteiger charge is 2.17. The lowest BCUT2D eigenvalue weighted by atomic mass is 10.0. The van der Waals surface area contributed by atoms with E-state index in [-0.39, 0.29) is 17.6 Å². The Hall–Kier alpha value is -2.30. The smallest absolute Gasteiger partial charge is 0.348 e. The number of aromatic nitrogens is 1. The van der Waals surface area contributed by atoms with Gasteiger partial charge in [-0.05, 0) is 30.5 Å². The van der Waals surface area contributed by atoms with Crippen LogP contribution >= 0.6 is 11.3 Å². The van der Waals surface area contributed by atoms with Crippen LogP contribution in [0, 0.1) is 0 Å². The van der Waals surface area contributed by atoms with Gasteiger partial charge in [0.15, 0.2) is 0 Å². The molecule has 1 aromatic carbocycles. The second-order valence-corrected chi connectivity index (χ2v) is 7.35. The first-order valence-corrected chi connectivity index (χ1v) is 9.93. The van der Waals surface area contributed by atoms with Gasteiger partial charge in [0.1, 0.15) is 6.79 Å². The highest BCUT2D eigenvalue weighted by atomic mass is 32.2.